The van der Waals surface area contributed by atoms with Crippen LogP contribution in [0.2, 0.25) is 0 Å². The summed E-state index contributed by atoms with van der Waals surface area (Å²) in [5.74, 6) is 0.0918. The zero-order chi connectivity index (χ0) is 22.2. The fourth-order valence-electron chi connectivity index (χ4n) is 5.38. The third-order valence-electron chi connectivity index (χ3n) is 6.76. The van der Waals surface area contributed by atoms with E-state index in [2.05, 4.69) is 13.8 Å². The first-order chi connectivity index (χ1) is 14.0. The SMILES string of the molecule is COCO[C@H]1[C@H]2CC[C@@](/C=C/Oc3ccc(OC)cc3)(C2(C)C)[C@@]1(O)OC(C)(C)C. The summed E-state index contributed by atoms with van der Waals surface area (Å²) in [6.45, 7) is 10.3. The van der Waals surface area contributed by atoms with Crippen LogP contribution in [0.3, 0.4) is 0 Å². The van der Waals surface area contributed by atoms with Gasteiger partial charge in [-0.25, -0.2) is 0 Å². The van der Waals surface area contributed by atoms with Crippen molar-refractivity contribution in [3.63, 3.8) is 0 Å². The molecule has 6 nitrogen and oxygen atoms in total. The lowest BCUT2D eigenvalue weighted by Crippen LogP contribution is -2.59. The van der Waals surface area contributed by atoms with E-state index in [0.717, 1.165) is 18.6 Å². The fourth-order valence-corrected chi connectivity index (χ4v) is 5.38. The Balaban J connectivity index is 1.94. The van der Waals surface area contributed by atoms with Crippen molar-refractivity contribution in [2.24, 2.45) is 16.7 Å². The molecule has 0 unspecified atom stereocenters. The second kappa shape index (κ2) is 8.15. The molecular weight excluding hydrogens is 384 g/mol. The van der Waals surface area contributed by atoms with Gasteiger partial charge in [-0.2, -0.15) is 0 Å². The van der Waals surface area contributed by atoms with E-state index in [0.29, 0.717) is 5.75 Å². The molecule has 2 fully saturated rings. The first-order valence-corrected chi connectivity index (χ1v) is 10.5. The smallest absolute Gasteiger partial charge is 0.203 e. The Labute approximate surface area is 180 Å². The fraction of sp³-hybridized carbons (Fsp3) is 0.667. The van der Waals surface area contributed by atoms with Gasteiger partial charge in [-0.1, -0.05) is 13.8 Å². The summed E-state index contributed by atoms with van der Waals surface area (Å²) < 4.78 is 28.6. The molecule has 0 spiro atoms. The number of rotatable bonds is 8. The highest BCUT2D eigenvalue weighted by atomic mass is 16.7. The number of ether oxygens (including phenoxy) is 5. The van der Waals surface area contributed by atoms with Gasteiger partial charge >= 0.3 is 0 Å². The quantitative estimate of drug-likeness (QED) is 0.493. The summed E-state index contributed by atoms with van der Waals surface area (Å²) in [6.07, 6.45) is 4.86. The Bertz CT molecular complexity index is 750. The normalized spacial score (nSPS) is 32.7. The molecule has 0 radical (unpaired) electrons. The highest BCUT2D eigenvalue weighted by molar-refractivity contribution is 5.32. The predicted molar refractivity (Wildman–Crippen MR) is 114 cm³/mol. The van der Waals surface area contributed by atoms with Crippen molar-refractivity contribution in [1.82, 2.24) is 0 Å². The van der Waals surface area contributed by atoms with Crippen molar-refractivity contribution in [1.29, 1.82) is 0 Å². The largest absolute Gasteiger partial charge is 0.497 e. The van der Waals surface area contributed by atoms with Gasteiger partial charge < -0.3 is 28.8 Å². The van der Waals surface area contributed by atoms with Crippen molar-refractivity contribution in [3.05, 3.63) is 36.6 Å². The Kier molecular flexibility index (Phi) is 6.27. The monoisotopic (exact) mass is 420 g/mol. The minimum Gasteiger partial charge on any atom is -0.497 e. The molecule has 4 atom stereocenters. The Morgan fingerprint density at radius 2 is 1.73 bits per heavy atom. The van der Waals surface area contributed by atoms with Gasteiger partial charge in [0.15, 0.2) is 0 Å². The van der Waals surface area contributed by atoms with Crippen molar-refractivity contribution in [3.8, 4) is 11.5 Å². The number of hydrogen-bond donors (Lipinski definition) is 1. The van der Waals surface area contributed by atoms with Crippen molar-refractivity contribution in [2.75, 3.05) is 21.0 Å². The number of fused-ring (bicyclic) bond motifs is 2. The maximum Gasteiger partial charge on any atom is 0.203 e. The van der Waals surface area contributed by atoms with Crippen LogP contribution in [0.15, 0.2) is 36.6 Å². The molecule has 1 N–H and O–H groups in total. The lowest BCUT2D eigenvalue weighted by atomic mass is 9.66. The van der Waals surface area contributed by atoms with E-state index >= 15 is 0 Å². The van der Waals surface area contributed by atoms with Crippen LogP contribution in [0.4, 0.5) is 0 Å². The zero-order valence-corrected chi connectivity index (χ0v) is 19.2. The Morgan fingerprint density at radius 3 is 2.30 bits per heavy atom. The van der Waals surface area contributed by atoms with E-state index in [4.69, 9.17) is 23.7 Å². The van der Waals surface area contributed by atoms with E-state index in [-0.39, 0.29) is 18.1 Å². The van der Waals surface area contributed by atoms with Crippen LogP contribution in [-0.4, -0.2) is 43.6 Å². The van der Waals surface area contributed by atoms with Crippen LogP contribution in [0, 0.1) is 16.7 Å². The maximum absolute atomic E-state index is 12.0. The van der Waals surface area contributed by atoms with Gasteiger partial charge in [0.2, 0.25) is 5.79 Å². The molecule has 2 saturated carbocycles. The second-order valence-corrected chi connectivity index (χ2v) is 9.84. The van der Waals surface area contributed by atoms with E-state index in [1.54, 1.807) is 20.5 Å². The number of hydrogen-bond acceptors (Lipinski definition) is 6. The van der Waals surface area contributed by atoms with Gasteiger partial charge in [0.05, 0.1) is 24.4 Å². The molecule has 2 aliphatic rings. The standard InChI is InChI=1S/C24H36O6/c1-21(2,3)30-24(25)20(29-16-26-6)19-12-13-23(24,22(19,4)5)14-15-28-18-10-8-17(27-7)9-11-18/h8-11,14-15,19-20,25H,12-13,16H2,1-7H3/b15-14+/t19-,20+,23-,24+/m1/s1. The van der Waals surface area contributed by atoms with Crippen LogP contribution in [-0.2, 0) is 14.2 Å². The van der Waals surface area contributed by atoms with Crippen LogP contribution in [0.25, 0.3) is 0 Å². The Morgan fingerprint density at radius 1 is 1.10 bits per heavy atom. The number of methoxy groups -OCH3 is 2. The van der Waals surface area contributed by atoms with E-state index < -0.39 is 22.9 Å². The molecule has 3 rings (SSSR count). The van der Waals surface area contributed by atoms with Gasteiger partial charge in [-0.05, 0) is 75.3 Å². The average molecular weight is 421 g/mol. The van der Waals surface area contributed by atoms with Crippen molar-refractivity contribution >= 4 is 0 Å². The minimum atomic E-state index is -1.50. The Hall–Kier alpha value is -1.60. The molecule has 0 saturated heterocycles. The minimum absolute atomic E-state index is 0.106. The molecule has 0 aliphatic heterocycles. The summed E-state index contributed by atoms with van der Waals surface area (Å²) in [7, 11) is 3.21. The molecule has 0 amide bonds. The second-order valence-electron chi connectivity index (χ2n) is 9.84. The zero-order valence-electron chi connectivity index (χ0n) is 19.2. The van der Waals surface area contributed by atoms with Gasteiger partial charge in [-0.15, -0.1) is 0 Å². The van der Waals surface area contributed by atoms with Gasteiger partial charge in [0.1, 0.15) is 24.4 Å². The van der Waals surface area contributed by atoms with Crippen LogP contribution >= 0.6 is 0 Å². The third kappa shape index (κ3) is 3.75. The topological polar surface area (TPSA) is 66.4 Å². The summed E-state index contributed by atoms with van der Waals surface area (Å²) in [6, 6.07) is 7.39. The molecular formula is C24H36O6. The van der Waals surface area contributed by atoms with E-state index in [1.807, 2.05) is 51.1 Å². The number of aliphatic hydroxyl groups is 1. The molecule has 30 heavy (non-hydrogen) atoms. The molecule has 1 aromatic carbocycles. The lowest BCUT2D eigenvalue weighted by molar-refractivity contribution is -0.346. The molecule has 0 aromatic heterocycles. The van der Waals surface area contributed by atoms with Crippen LogP contribution in [0.1, 0.15) is 47.5 Å². The molecule has 168 valence electrons. The van der Waals surface area contributed by atoms with Crippen LogP contribution < -0.4 is 9.47 Å². The maximum atomic E-state index is 12.0. The highest BCUT2D eigenvalue weighted by Gasteiger charge is 2.77. The lowest BCUT2D eigenvalue weighted by Gasteiger charge is -2.49. The molecule has 1 aromatic rings. The van der Waals surface area contributed by atoms with Gasteiger partial charge in [0.25, 0.3) is 0 Å². The summed E-state index contributed by atoms with van der Waals surface area (Å²) in [5, 5.41) is 12.0. The average Bonchev–Trinajstić information content (AvgIpc) is 2.99. The molecule has 2 bridgehead atoms. The first-order valence-electron chi connectivity index (χ1n) is 10.5. The number of benzene rings is 1. The first kappa shape index (κ1) is 23.1. The van der Waals surface area contributed by atoms with Gasteiger partial charge in [-0.3, -0.25) is 0 Å². The van der Waals surface area contributed by atoms with Crippen LogP contribution in [0.5, 0.6) is 11.5 Å². The predicted octanol–water partition coefficient (Wildman–Crippen LogP) is 4.52. The van der Waals surface area contributed by atoms with E-state index in [1.165, 1.54) is 0 Å². The van der Waals surface area contributed by atoms with Crippen molar-refractivity contribution in [2.45, 2.75) is 65.0 Å². The van der Waals surface area contributed by atoms with Crippen molar-refractivity contribution < 1.29 is 28.8 Å². The summed E-state index contributed by atoms with van der Waals surface area (Å²) in [5.41, 5.74) is -1.48. The third-order valence-corrected chi connectivity index (χ3v) is 6.76. The summed E-state index contributed by atoms with van der Waals surface area (Å²) in [4.78, 5) is 0. The van der Waals surface area contributed by atoms with E-state index in [9.17, 15) is 5.11 Å². The highest BCUT2D eigenvalue weighted by Crippen LogP contribution is 2.71. The molecule has 6 heteroatoms. The molecule has 0 heterocycles. The summed E-state index contributed by atoms with van der Waals surface area (Å²) >= 11 is 0. The molecule has 2 aliphatic carbocycles. The van der Waals surface area contributed by atoms with Gasteiger partial charge in [0, 0.05) is 7.11 Å².